The number of hydrogen-bond acceptors (Lipinski definition) is 2. The number of fused-ring (bicyclic) bond motifs is 1. The van der Waals surface area contributed by atoms with Crippen LogP contribution in [0.25, 0.3) is 5.65 Å². The Bertz CT molecular complexity index is 1490. The normalized spacial score (nSPS) is 12.8. The minimum absolute atomic E-state index is 0.0545. The number of halogens is 3. The van der Waals surface area contributed by atoms with E-state index in [1.807, 2.05) is 43.5 Å². The maximum Gasteiger partial charge on any atom is 0.391 e. The third-order valence-corrected chi connectivity index (χ3v) is 8.92. The molecule has 2 heterocycles. The van der Waals surface area contributed by atoms with Crippen LogP contribution >= 0.6 is 0 Å². The van der Waals surface area contributed by atoms with E-state index in [4.69, 9.17) is 0 Å². The molecule has 0 bridgehead atoms. The van der Waals surface area contributed by atoms with E-state index in [0.717, 1.165) is 28.4 Å². The van der Waals surface area contributed by atoms with Crippen LogP contribution in [0.5, 0.6) is 0 Å². The van der Waals surface area contributed by atoms with E-state index >= 15 is 0 Å². The van der Waals surface area contributed by atoms with E-state index in [9.17, 15) is 18.0 Å². The van der Waals surface area contributed by atoms with Crippen molar-refractivity contribution in [2.45, 2.75) is 159 Å². The SMILES string of the molecule is C=C(C)/C=C(C)\C(=C/C)CCCC.CC(=O)c1c(C)nc2cc(C)ccn12.CCC(C)C(F)(F)F.CCCCCC(CCC)c1ccc(C)cc1. The molecule has 0 spiro atoms. The van der Waals surface area contributed by atoms with Gasteiger partial charge in [-0.25, -0.2) is 4.98 Å². The van der Waals surface area contributed by atoms with E-state index in [0.29, 0.717) is 5.69 Å². The Morgan fingerprint density at radius 1 is 0.882 bits per heavy atom. The third-order valence-electron chi connectivity index (χ3n) is 8.92. The van der Waals surface area contributed by atoms with Crippen LogP contribution in [0.2, 0.25) is 0 Å². The van der Waals surface area contributed by atoms with Gasteiger partial charge in [0.1, 0.15) is 11.3 Å². The van der Waals surface area contributed by atoms with Crippen LogP contribution in [-0.2, 0) is 0 Å². The lowest BCUT2D eigenvalue weighted by Gasteiger charge is -2.16. The number of aryl methyl sites for hydroxylation is 3. The minimum Gasteiger partial charge on any atom is -0.297 e. The molecule has 286 valence electrons. The lowest BCUT2D eigenvalue weighted by Crippen LogP contribution is -2.18. The van der Waals surface area contributed by atoms with Crippen molar-refractivity contribution in [3.05, 3.63) is 106 Å². The van der Waals surface area contributed by atoms with Crippen LogP contribution in [0, 0.1) is 26.7 Å². The number of aromatic nitrogens is 2. The molecule has 3 rings (SSSR count). The summed E-state index contributed by atoms with van der Waals surface area (Å²) in [6.07, 6.45) is 14.3. The lowest BCUT2D eigenvalue weighted by atomic mass is 9.89. The highest BCUT2D eigenvalue weighted by Crippen LogP contribution is 2.28. The van der Waals surface area contributed by atoms with E-state index in [-0.39, 0.29) is 12.2 Å². The van der Waals surface area contributed by atoms with Gasteiger partial charge >= 0.3 is 6.18 Å². The topological polar surface area (TPSA) is 34.4 Å². The summed E-state index contributed by atoms with van der Waals surface area (Å²) in [7, 11) is 0. The maximum atomic E-state index is 11.4. The van der Waals surface area contributed by atoms with Gasteiger partial charge in [0.15, 0.2) is 5.78 Å². The number of carbonyl (C=O) groups is 1. The Hall–Kier alpha value is -3.41. The summed E-state index contributed by atoms with van der Waals surface area (Å²) in [5.74, 6) is -0.307. The highest BCUT2D eigenvalue weighted by molar-refractivity contribution is 5.94. The van der Waals surface area contributed by atoms with Crippen molar-refractivity contribution in [2.24, 2.45) is 5.92 Å². The number of ketones is 1. The molecule has 0 saturated heterocycles. The molecule has 1 aromatic carbocycles. The van der Waals surface area contributed by atoms with Crippen molar-refractivity contribution >= 4 is 11.4 Å². The minimum atomic E-state index is -3.99. The van der Waals surface area contributed by atoms with E-state index in [1.165, 1.54) is 88.3 Å². The zero-order chi connectivity index (χ0) is 39.1. The van der Waals surface area contributed by atoms with Crippen LogP contribution in [0.4, 0.5) is 13.2 Å². The molecule has 51 heavy (non-hydrogen) atoms. The van der Waals surface area contributed by atoms with Gasteiger partial charge in [0, 0.05) is 13.1 Å². The number of imidazole rings is 1. The number of rotatable bonds is 14. The van der Waals surface area contributed by atoms with Crippen LogP contribution < -0.4 is 0 Å². The Labute approximate surface area is 309 Å². The van der Waals surface area contributed by atoms with Gasteiger partial charge in [-0.3, -0.25) is 9.20 Å². The van der Waals surface area contributed by atoms with Gasteiger partial charge in [-0.1, -0.05) is 121 Å². The summed E-state index contributed by atoms with van der Waals surface area (Å²) in [4.78, 5) is 15.7. The van der Waals surface area contributed by atoms with Gasteiger partial charge in [0.25, 0.3) is 0 Å². The smallest absolute Gasteiger partial charge is 0.297 e. The molecule has 6 heteroatoms. The standard InChI is InChI=1S/C16H26.C13H22.C11H12N2O.C5H9F3/c1-4-6-7-9-15(8-5-2)16-12-10-14(3)11-13-16;1-6-8-9-13(7-2)12(5)10-11(3)4;1-7-4-5-13-10(6-7)12-8(2)11(13)9(3)14;1-3-4(2)5(6,7)8/h10-13,15H,4-9H2,1-3H3;7,10H,3,6,8-9H2,1-2,4-5H3;4-6H,1-3H3;4H,3H2,1-2H3/b;12-10-,13-7-;;. The summed E-state index contributed by atoms with van der Waals surface area (Å²) in [6, 6.07) is 13.1. The van der Waals surface area contributed by atoms with E-state index in [2.05, 4.69) is 89.5 Å². The molecular formula is C45H69F3N2O. The molecule has 2 atom stereocenters. The third kappa shape index (κ3) is 19.1. The number of hydrogen-bond donors (Lipinski definition) is 0. The molecule has 3 aromatic rings. The largest absolute Gasteiger partial charge is 0.391 e. The molecule has 0 saturated carbocycles. The molecule has 0 aliphatic heterocycles. The molecule has 0 fully saturated rings. The fourth-order valence-electron chi connectivity index (χ4n) is 5.62. The number of allylic oxidation sites excluding steroid dienone is 5. The zero-order valence-corrected chi connectivity index (χ0v) is 34.1. The van der Waals surface area contributed by atoms with Gasteiger partial charge in [-0.2, -0.15) is 13.2 Å². The van der Waals surface area contributed by atoms with Gasteiger partial charge in [-0.05, 0) is 114 Å². The predicted octanol–water partition coefficient (Wildman–Crippen LogP) is 14.9. The average molecular weight is 711 g/mol. The number of alkyl halides is 3. The first-order chi connectivity index (χ1) is 24.0. The number of carbonyl (C=O) groups excluding carboxylic acids is 1. The molecular weight excluding hydrogens is 642 g/mol. The molecule has 2 aromatic heterocycles. The summed E-state index contributed by atoms with van der Waals surface area (Å²) >= 11 is 0. The van der Waals surface area contributed by atoms with Gasteiger partial charge in [-0.15, -0.1) is 0 Å². The number of benzene rings is 1. The summed E-state index contributed by atoms with van der Waals surface area (Å²) in [5, 5.41) is 0. The summed E-state index contributed by atoms with van der Waals surface area (Å²) in [6.45, 7) is 27.3. The van der Waals surface area contributed by atoms with Crippen LogP contribution in [0.1, 0.15) is 165 Å². The fourth-order valence-corrected chi connectivity index (χ4v) is 5.62. The van der Waals surface area contributed by atoms with Crippen molar-refractivity contribution < 1.29 is 18.0 Å². The van der Waals surface area contributed by atoms with Crippen molar-refractivity contribution in [3.8, 4) is 0 Å². The number of nitrogens with zero attached hydrogens (tertiary/aromatic N) is 2. The van der Waals surface area contributed by atoms with Gasteiger partial charge < -0.3 is 0 Å². The van der Waals surface area contributed by atoms with E-state index < -0.39 is 12.1 Å². The molecule has 0 aliphatic carbocycles. The summed E-state index contributed by atoms with van der Waals surface area (Å²) in [5.41, 5.74) is 10.3. The lowest BCUT2D eigenvalue weighted by molar-refractivity contribution is -0.170. The molecule has 0 aliphatic rings. The Kier molecular flexibility index (Phi) is 23.8. The quantitative estimate of drug-likeness (QED) is 0.0948. The molecule has 3 nitrogen and oxygen atoms in total. The van der Waals surface area contributed by atoms with Crippen LogP contribution in [0.3, 0.4) is 0 Å². The van der Waals surface area contributed by atoms with Gasteiger partial charge in [0.2, 0.25) is 0 Å². The van der Waals surface area contributed by atoms with Crippen molar-refractivity contribution in [2.75, 3.05) is 0 Å². The molecule has 0 amide bonds. The average Bonchev–Trinajstić information content (AvgIpc) is 3.40. The first-order valence-corrected chi connectivity index (χ1v) is 19.1. The highest BCUT2D eigenvalue weighted by Gasteiger charge is 2.34. The second-order valence-corrected chi connectivity index (χ2v) is 13.9. The first-order valence-electron chi connectivity index (χ1n) is 19.1. The Morgan fingerprint density at radius 3 is 1.94 bits per heavy atom. The van der Waals surface area contributed by atoms with Crippen molar-refractivity contribution in [3.63, 3.8) is 0 Å². The number of unbranched alkanes of at least 4 members (excludes halogenated alkanes) is 3. The summed E-state index contributed by atoms with van der Waals surface area (Å²) < 4.78 is 36.2. The molecule has 2 unspecified atom stereocenters. The second-order valence-electron chi connectivity index (χ2n) is 13.9. The number of pyridine rings is 1. The maximum absolute atomic E-state index is 11.4. The van der Waals surface area contributed by atoms with E-state index in [1.54, 1.807) is 12.5 Å². The molecule has 0 radical (unpaired) electrons. The second kappa shape index (κ2) is 25.5. The first kappa shape index (κ1) is 47.6. The van der Waals surface area contributed by atoms with Crippen molar-refractivity contribution in [1.29, 1.82) is 0 Å². The fraction of sp³-hybridized carbons (Fsp3) is 0.556. The monoisotopic (exact) mass is 711 g/mol. The number of Topliss-reactive ketones (excluding diaryl/α,β-unsaturated/α-hetero) is 1. The zero-order valence-electron chi connectivity index (χ0n) is 34.1. The highest BCUT2D eigenvalue weighted by atomic mass is 19.4. The predicted molar refractivity (Wildman–Crippen MR) is 215 cm³/mol. The Morgan fingerprint density at radius 2 is 1.49 bits per heavy atom. The van der Waals surface area contributed by atoms with Crippen LogP contribution in [0.15, 0.2) is 78.0 Å². The molecule has 0 N–H and O–H groups in total. The van der Waals surface area contributed by atoms with Crippen molar-refractivity contribution in [1.82, 2.24) is 9.38 Å². The van der Waals surface area contributed by atoms with Gasteiger partial charge in [0.05, 0.1) is 11.6 Å². The Balaban J connectivity index is 0.000000671. The van der Waals surface area contributed by atoms with Crippen LogP contribution in [-0.4, -0.2) is 21.3 Å².